The summed E-state index contributed by atoms with van der Waals surface area (Å²) in [7, 11) is 0. The highest BCUT2D eigenvalue weighted by Gasteiger charge is 2.31. The van der Waals surface area contributed by atoms with E-state index in [0.29, 0.717) is 6.42 Å². The van der Waals surface area contributed by atoms with Crippen LogP contribution in [0, 0.1) is 0 Å². The molecule has 90 valence electrons. The minimum Gasteiger partial charge on any atom is -0.287 e. The Morgan fingerprint density at radius 2 is 2.00 bits per heavy atom. The number of hydrogen-bond acceptors (Lipinski definition) is 2. The van der Waals surface area contributed by atoms with Crippen LogP contribution in [-0.4, -0.2) is 23.0 Å². The van der Waals surface area contributed by atoms with Crippen molar-refractivity contribution in [1.29, 1.82) is 0 Å². The summed E-state index contributed by atoms with van der Waals surface area (Å²) in [4.78, 5) is 10.8. The lowest BCUT2D eigenvalue weighted by atomic mass is 10.1. The summed E-state index contributed by atoms with van der Waals surface area (Å²) in [5.74, 6) is -2.92. The Bertz CT molecular complexity index is 197. The van der Waals surface area contributed by atoms with Gasteiger partial charge in [0, 0.05) is 25.0 Å². The topological polar surface area (TPSA) is 17.1 Å². The average molecular weight is 242 g/mol. The maximum atomic E-state index is 13.1. The number of thioether (sulfide) groups is 1. The Morgan fingerprint density at radius 1 is 1.40 bits per heavy atom. The average Bonchev–Trinajstić information content (AvgIpc) is 2.16. The molecule has 1 nitrogen and oxygen atoms in total. The van der Waals surface area contributed by atoms with E-state index in [1.807, 2.05) is 0 Å². The van der Waals surface area contributed by atoms with Crippen molar-refractivity contribution in [1.82, 2.24) is 0 Å². The zero-order valence-electron chi connectivity index (χ0n) is 9.06. The predicted molar refractivity (Wildman–Crippen MR) is 57.1 cm³/mol. The lowest BCUT2D eigenvalue weighted by molar-refractivity contribution is -0.110. The van der Waals surface area contributed by atoms with Gasteiger partial charge >= 0.3 is 0 Å². The molecular weight excluding hydrogens is 225 g/mol. The van der Waals surface area contributed by atoms with Crippen molar-refractivity contribution in [2.24, 2.45) is 0 Å². The van der Waals surface area contributed by atoms with Crippen LogP contribution in [0.5, 0.6) is 0 Å². The molecule has 0 aromatic heterocycles. The van der Waals surface area contributed by atoms with Gasteiger partial charge in [0.15, 0.2) is 5.12 Å². The third kappa shape index (κ3) is 7.71. The lowest BCUT2D eigenvalue weighted by Gasteiger charge is -2.17. The molecule has 0 aliphatic rings. The maximum Gasteiger partial charge on any atom is 0.251 e. The Hall–Kier alpha value is -0.190. The van der Waals surface area contributed by atoms with Crippen LogP contribution >= 0.6 is 11.8 Å². The van der Waals surface area contributed by atoms with E-state index in [2.05, 4.69) is 0 Å². The van der Waals surface area contributed by atoms with Gasteiger partial charge in [-0.3, -0.25) is 4.79 Å². The van der Waals surface area contributed by atoms with Gasteiger partial charge in [-0.2, -0.15) is 0 Å². The first-order chi connectivity index (χ1) is 6.91. The van der Waals surface area contributed by atoms with Crippen LogP contribution in [0.15, 0.2) is 0 Å². The van der Waals surface area contributed by atoms with E-state index in [1.165, 1.54) is 6.92 Å². The first-order valence-corrected chi connectivity index (χ1v) is 6.07. The van der Waals surface area contributed by atoms with E-state index in [4.69, 9.17) is 0 Å². The molecule has 0 aliphatic heterocycles. The number of rotatable bonds is 7. The maximum absolute atomic E-state index is 13.1. The molecule has 0 aliphatic carbocycles. The van der Waals surface area contributed by atoms with Gasteiger partial charge in [0.05, 0.1) is 0 Å². The molecule has 1 unspecified atom stereocenters. The Labute approximate surface area is 92.8 Å². The van der Waals surface area contributed by atoms with Crippen LogP contribution in [0.1, 0.15) is 39.5 Å². The van der Waals surface area contributed by atoms with Gasteiger partial charge < -0.3 is 0 Å². The quantitative estimate of drug-likeness (QED) is 0.675. The molecule has 5 heteroatoms. The Kier molecular flexibility index (Phi) is 7.05. The highest BCUT2D eigenvalue weighted by atomic mass is 32.2. The van der Waals surface area contributed by atoms with Crippen LogP contribution in [0.2, 0.25) is 0 Å². The van der Waals surface area contributed by atoms with Crippen molar-refractivity contribution < 1.29 is 18.0 Å². The molecule has 0 saturated carbocycles. The molecule has 1 atom stereocenters. The number of carbonyl (C=O) groups excluding carboxylic acids is 1. The molecule has 0 bridgehead atoms. The fraction of sp³-hybridized carbons (Fsp3) is 0.900. The fourth-order valence-corrected chi connectivity index (χ4v) is 1.82. The molecule has 0 saturated heterocycles. The van der Waals surface area contributed by atoms with Gasteiger partial charge in [-0.15, -0.1) is 0 Å². The summed E-state index contributed by atoms with van der Waals surface area (Å²) >= 11 is 0.897. The predicted octanol–water partition coefficient (Wildman–Crippen LogP) is 3.82. The van der Waals surface area contributed by atoms with E-state index in [-0.39, 0.29) is 17.3 Å². The van der Waals surface area contributed by atoms with Gasteiger partial charge in [-0.05, 0) is 6.42 Å². The number of alkyl halides is 3. The van der Waals surface area contributed by atoms with Crippen molar-refractivity contribution >= 4 is 16.9 Å². The van der Waals surface area contributed by atoms with E-state index >= 15 is 0 Å². The summed E-state index contributed by atoms with van der Waals surface area (Å²) in [5.41, 5.74) is 0. The van der Waals surface area contributed by atoms with E-state index in [0.717, 1.165) is 11.8 Å². The van der Waals surface area contributed by atoms with Gasteiger partial charge in [0.2, 0.25) is 0 Å². The SMILES string of the molecule is CCC(=O)SCCC(F)(F)CC(F)CC. The lowest BCUT2D eigenvalue weighted by Crippen LogP contribution is -2.22. The first-order valence-electron chi connectivity index (χ1n) is 5.08. The summed E-state index contributed by atoms with van der Waals surface area (Å²) in [6.07, 6.45) is -2.16. The van der Waals surface area contributed by atoms with Crippen LogP contribution in [0.25, 0.3) is 0 Å². The number of hydrogen-bond donors (Lipinski definition) is 0. The first kappa shape index (κ1) is 14.8. The number of halogens is 3. The summed E-state index contributed by atoms with van der Waals surface area (Å²) in [5, 5.41) is -0.0990. The molecule has 0 rings (SSSR count). The van der Waals surface area contributed by atoms with E-state index < -0.39 is 24.9 Å². The zero-order valence-corrected chi connectivity index (χ0v) is 9.88. The van der Waals surface area contributed by atoms with Crippen molar-refractivity contribution in [2.75, 3.05) is 5.75 Å². The molecule has 0 spiro atoms. The standard InChI is InChI=1S/C10H17F3OS/c1-3-8(11)7-10(12,13)5-6-15-9(14)4-2/h8H,3-7H2,1-2H3. The molecule has 0 radical (unpaired) electrons. The van der Waals surface area contributed by atoms with Crippen LogP contribution in [-0.2, 0) is 4.79 Å². The van der Waals surface area contributed by atoms with Crippen molar-refractivity contribution in [2.45, 2.75) is 51.6 Å². The second-order valence-corrected chi connectivity index (χ2v) is 4.54. The zero-order chi connectivity index (χ0) is 11.9. The van der Waals surface area contributed by atoms with Gasteiger partial charge in [-0.25, -0.2) is 13.2 Å². The number of carbonyl (C=O) groups is 1. The molecular formula is C10H17F3OS. The Balaban J connectivity index is 3.78. The van der Waals surface area contributed by atoms with Crippen LogP contribution in [0.3, 0.4) is 0 Å². The Morgan fingerprint density at radius 3 is 2.47 bits per heavy atom. The van der Waals surface area contributed by atoms with E-state index in [9.17, 15) is 18.0 Å². The minimum absolute atomic E-state index is 0.0656. The third-order valence-electron chi connectivity index (χ3n) is 1.98. The molecule has 0 aromatic carbocycles. The molecule has 0 aromatic rings. The van der Waals surface area contributed by atoms with Gasteiger partial charge in [0.25, 0.3) is 5.92 Å². The minimum atomic E-state index is -2.99. The second kappa shape index (κ2) is 7.14. The van der Waals surface area contributed by atoms with Crippen molar-refractivity contribution in [3.8, 4) is 0 Å². The summed E-state index contributed by atoms with van der Waals surface area (Å²) < 4.78 is 38.8. The summed E-state index contributed by atoms with van der Waals surface area (Å²) in [6.45, 7) is 3.22. The molecule has 0 amide bonds. The van der Waals surface area contributed by atoms with E-state index in [1.54, 1.807) is 6.92 Å². The normalized spacial score (nSPS) is 13.9. The second-order valence-electron chi connectivity index (χ2n) is 3.39. The summed E-state index contributed by atoms with van der Waals surface area (Å²) in [6, 6.07) is 0. The molecule has 0 N–H and O–H groups in total. The largest absolute Gasteiger partial charge is 0.287 e. The van der Waals surface area contributed by atoms with Crippen molar-refractivity contribution in [3.63, 3.8) is 0 Å². The van der Waals surface area contributed by atoms with Gasteiger partial charge in [0.1, 0.15) is 6.17 Å². The third-order valence-corrected chi connectivity index (χ3v) is 3.00. The molecule has 15 heavy (non-hydrogen) atoms. The van der Waals surface area contributed by atoms with Crippen LogP contribution < -0.4 is 0 Å². The molecule has 0 heterocycles. The monoisotopic (exact) mass is 242 g/mol. The van der Waals surface area contributed by atoms with Crippen molar-refractivity contribution in [3.05, 3.63) is 0 Å². The fourth-order valence-electron chi connectivity index (χ4n) is 0.987. The van der Waals surface area contributed by atoms with Gasteiger partial charge in [-0.1, -0.05) is 25.6 Å². The highest BCUT2D eigenvalue weighted by molar-refractivity contribution is 8.13. The smallest absolute Gasteiger partial charge is 0.251 e. The highest BCUT2D eigenvalue weighted by Crippen LogP contribution is 2.28. The molecule has 0 fully saturated rings. The van der Waals surface area contributed by atoms with Crippen LogP contribution in [0.4, 0.5) is 13.2 Å².